The van der Waals surface area contributed by atoms with Gasteiger partial charge in [-0.3, -0.25) is 9.59 Å². The monoisotopic (exact) mass is 323 g/mol. The lowest BCUT2D eigenvalue weighted by Gasteiger charge is -2.27. The molecule has 1 rings (SSSR count). The van der Waals surface area contributed by atoms with E-state index in [0.717, 1.165) is 11.3 Å². The van der Waals surface area contributed by atoms with E-state index in [1.54, 1.807) is 26.3 Å². The molecule has 1 amide bonds. The van der Waals surface area contributed by atoms with Gasteiger partial charge in [0.15, 0.2) is 0 Å². The molecule has 1 aliphatic rings. The number of amides is 1. The number of Topliss-reactive ketones (excluding diaryl/α,β-unsaturated/α-hetero) is 1. The number of carbonyl (C=O) groups is 2. The first-order chi connectivity index (χ1) is 10.2. The van der Waals surface area contributed by atoms with E-state index in [9.17, 15) is 9.59 Å². The van der Waals surface area contributed by atoms with Gasteiger partial charge in [-0.25, -0.2) is 4.99 Å². The molecule has 0 saturated carbocycles. The van der Waals surface area contributed by atoms with Crippen LogP contribution >= 0.6 is 11.6 Å². The lowest BCUT2D eigenvalue weighted by atomic mass is 10.1. The number of nitrogens with one attached hydrogen (secondary N) is 1. The molecule has 0 spiro atoms. The fraction of sp³-hybridized carbons (Fsp3) is 0.438. The summed E-state index contributed by atoms with van der Waals surface area (Å²) in [6, 6.07) is 0.0472. The quantitative estimate of drug-likeness (QED) is 0.791. The van der Waals surface area contributed by atoms with Gasteiger partial charge in [0.1, 0.15) is 5.78 Å². The zero-order chi connectivity index (χ0) is 16.9. The topological polar surface area (TPSA) is 61.8 Å². The largest absolute Gasteiger partial charge is 0.349 e. The minimum Gasteiger partial charge on any atom is -0.349 e. The van der Waals surface area contributed by atoms with Gasteiger partial charge in [0.05, 0.1) is 18.6 Å². The molecule has 5 nitrogen and oxygen atoms in total. The SMILES string of the molecule is CC(=O)CN1C=NC(/C(C)=C(/C=C(\C)Cl)NC(C)=O)=CC1C. The van der Waals surface area contributed by atoms with Gasteiger partial charge in [-0.2, -0.15) is 0 Å². The van der Waals surface area contributed by atoms with E-state index >= 15 is 0 Å². The second-order valence-electron chi connectivity index (χ2n) is 5.36. The van der Waals surface area contributed by atoms with E-state index in [0.29, 0.717) is 17.3 Å². The Morgan fingerprint density at radius 1 is 1.36 bits per heavy atom. The summed E-state index contributed by atoms with van der Waals surface area (Å²) in [7, 11) is 0. The smallest absolute Gasteiger partial charge is 0.221 e. The third-order valence-electron chi connectivity index (χ3n) is 3.11. The number of allylic oxidation sites excluding steroid dienone is 3. The van der Waals surface area contributed by atoms with E-state index in [1.165, 1.54) is 6.92 Å². The van der Waals surface area contributed by atoms with Gasteiger partial charge in [0, 0.05) is 23.7 Å². The molecule has 0 aromatic carbocycles. The number of halogens is 1. The second kappa shape index (κ2) is 7.94. The summed E-state index contributed by atoms with van der Waals surface area (Å²) in [4.78, 5) is 28.8. The van der Waals surface area contributed by atoms with Crippen molar-refractivity contribution in [2.45, 2.75) is 40.7 Å². The molecule has 0 bridgehead atoms. The van der Waals surface area contributed by atoms with E-state index in [4.69, 9.17) is 11.6 Å². The second-order valence-corrected chi connectivity index (χ2v) is 5.96. The van der Waals surface area contributed by atoms with Crippen molar-refractivity contribution in [1.29, 1.82) is 0 Å². The molecule has 1 N–H and O–H groups in total. The van der Waals surface area contributed by atoms with Crippen LogP contribution in [0.15, 0.2) is 39.1 Å². The molecule has 1 atom stereocenters. The maximum atomic E-state index is 11.3. The predicted molar refractivity (Wildman–Crippen MR) is 89.6 cm³/mol. The van der Waals surface area contributed by atoms with Crippen molar-refractivity contribution in [2.24, 2.45) is 4.99 Å². The van der Waals surface area contributed by atoms with Crippen molar-refractivity contribution in [3.8, 4) is 0 Å². The highest BCUT2D eigenvalue weighted by Crippen LogP contribution is 2.21. The lowest BCUT2D eigenvalue weighted by Crippen LogP contribution is -2.36. The molecule has 22 heavy (non-hydrogen) atoms. The van der Waals surface area contributed by atoms with Crippen LogP contribution in [0.25, 0.3) is 0 Å². The molecule has 120 valence electrons. The first-order valence-electron chi connectivity index (χ1n) is 7.04. The highest BCUT2D eigenvalue weighted by molar-refractivity contribution is 6.29. The van der Waals surface area contributed by atoms with Crippen molar-refractivity contribution in [3.05, 3.63) is 34.2 Å². The van der Waals surface area contributed by atoms with Gasteiger partial charge < -0.3 is 10.2 Å². The van der Waals surface area contributed by atoms with Crippen LogP contribution in [0.4, 0.5) is 0 Å². The van der Waals surface area contributed by atoms with Gasteiger partial charge in [-0.1, -0.05) is 11.6 Å². The van der Waals surface area contributed by atoms with Crippen LogP contribution in [0, 0.1) is 0 Å². The van der Waals surface area contributed by atoms with E-state index in [2.05, 4.69) is 10.3 Å². The molecule has 0 fully saturated rings. The normalized spacial score (nSPS) is 19.5. The molecule has 0 radical (unpaired) electrons. The minimum atomic E-state index is -0.171. The molecule has 0 aromatic rings. The molecule has 1 heterocycles. The first kappa shape index (κ1) is 18.2. The summed E-state index contributed by atoms with van der Waals surface area (Å²) in [5.41, 5.74) is 2.20. The average Bonchev–Trinajstić information content (AvgIpc) is 2.38. The summed E-state index contributed by atoms with van der Waals surface area (Å²) in [6.07, 6.45) is 5.31. The lowest BCUT2D eigenvalue weighted by molar-refractivity contribution is -0.118. The highest BCUT2D eigenvalue weighted by Gasteiger charge is 2.17. The molecule has 1 unspecified atom stereocenters. The number of rotatable bonds is 5. The van der Waals surface area contributed by atoms with Crippen LogP contribution in [0.1, 0.15) is 34.6 Å². The van der Waals surface area contributed by atoms with E-state index in [-0.39, 0.29) is 17.7 Å². The standard InChI is InChI=1S/C16H22ClN3O2/c1-10(17)6-16(19-14(5)22)13(4)15-7-11(2)20(9-18-15)8-12(3)21/h6-7,9,11H,8H2,1-5H3,(H,19,22)/b10-6+,16-13-. The molecular weight excluding hydrogens is 302 g/mol. The molecule has 6 heteroatoms. The summed E-state index contributed by atoms with van der Waals surface area (Å²) in [6.45, 7) is 8.93. The minimum absolute atomic E-state index is 0.0472. The number of hydrogen-bond donors (Lipinski definition) is 1. The zero-order valence-corrected chi connectivity index (χ0v) is 14.4. The summed E-state index contributed by atoms with van der Waals surface area (Å²) >= 11 is 5.92. The number of hydrogen-bond acceptors (Lipinski definition) is 4. The predicted octanol–water partition coefficient (Wildman–Crippen LogP) is 2.74. The fourth-order valence-electron chi connectivity index (χ4n) is 2.04. The highest BCUT2D eigenvalue weighted by atomic mass is 35.5. The Morgan fingerprint density at radius 3 is 2.45 bits per heavy atom. The molecular formula is C16H22ClN3O2. The van der Waals surface area contributed by atoms with Gasteiger partial charge in [0.2, 0.25) is 5.91 Å². The Balaban J connectivity index is 3.09. The Hall–Kier alpha value is -1.88. The zero-order valence-electron chi connectivity index (χ0n) is 13.6. The van der Waals surface area contributed by atoms with Crippen molar-refractivity contribution < 1.29 is 9.59 Å². The molecule has 0 aliphatic carbocycles. The third-order valence-corrected chi connectivity index (χ3v) is 3.22. The summed E-state index contributed by atoms with van der Waals surface area (Å²) in [5.74, 6) is -0.0859. The van der Waals surface area contributed by atoms with Crippen molar-refractivity contribution in [2.75, 3.05) is 6.54 Å². The Bertz CT molecular complexity index is 584. The summed E-state index contributed by atoms with van der Waals surface area (Å²) in [5, 5.41) is 3.33. The number of nitrogens with zero attached hydrogens (tertiary/aromatic N) is 2. The fourth-order valence-corrected chi connectivity index (χ4v) is 2.15. The van der Waals surface area contributed by atoms with Crippen molar-refractivity contribution >= 4 is 29.6 Å². The van der Waals surface area contributed by atoms with Crippen LogP contribution in [-0.4, -0.2) is 35.5 Å². The average molecular weight is 324 g/mol. The van der Waals surface area contributed by atoms with E-state index < -0.39 is 0 Å². The molecule has 1 aliphatic heterocycles. The van der Waals surface area contributed by atoms with E-state index in [1.807, 2.05) is 24.8 Å². The maximum absolute atomic E-state index is 11.3. The van der Waals surface area contributed by atoms with Gasteiger partial charge >= 0.3 is 0 Å². The van der Waals surface area contributed by atoms with Gasteiger partial charge in [0.25, 0.3) is 0 Å². The maximum Gasteiger partial charge on any atom is 0.221 e. The van der Waals surface area contributed by atoms with Gasteiger partial charge in [-0.05, 0) is 45.4 Å². The number of carbonyl (C=O) groups excluding carboxylic acids is 2. The number of aliphatic imine (C=N–C) groups is 1. The van der Waals surface area contributed by atoms with Crippen LogP contribution in [0.3, 0.4) is 0 Å². The van der Waals surface area contributed by atoms with Crippen LogP contribution in [0.5, 0.6) is 0 Å². The number of ketones is 1. The van der Waals surface area contributed by atoms with Crippen molar-refractivity contribution in [1.82, 2.24) is 10.2 Å². The van der Waals surface area contributed by atoms with Crippen LogP contribution < -0.4 is 5.32 Å². The van der Waals surface area contributed by atoms with Crippen LogP contribution in [0.2, 0.25) is 0 Å². The first-order valence-corrected chi connectivity index (χ1v) is 7.42. The van der Waals surface area contributed by atoms with Gasteiger partial charge in [-0.15, -0.1) is 0 Å². The van der Waals surface area contributed by atoms with Crippen molar-refractivity contribution in [3.63, 3.8) is 0 Å². The Kier molecular flexibility index (Phi) is 6.56. The Morgan fingerprint density at radius 2 is 2.00 bits per heavy atom. The Labute approximate surface area is 136 Å². The molecule has 0 aromatic heterocycles. The molecule has 0 saturated heterocycles. The third kappa shape index (κ3) is 5.48. The van der Waals surface area contributed by atoms with Crippen LogP contribution in [-0.2, 0) is 9.59 Å². The summed E-state index contributed by atoms with van der Waals surface area (Å²) < 4.78 is 0.